The largest absolute Gasteiger partial charge is 0.455 e. The molecule has 0 N–H and O–H groups in total. The molecule has 9 aromatic carbocycles. The van der Waals surface area contributed by atoms with Gasteiger partial charge in [-0.15, -0.1) is 0 Å². The molecule has 66 heavy (non-hydrogen) atoms. The minimum atomic E-state index is -4.63. The molecule has 0 aliphatic rings. The Morgan fingerprint density at radius 2 is 0.970 bits per heavy atom. The first kappa shape index (κ1) is 37.5. The third-order valence-electron chi connectivity index (χ3n) is 13.0. The zero-order valence-electron chi connectivity index (χ0n) is 34.5. The summed E-state index contributed by atoms with van der Waals surface area (Å²) in [5.41, 5.74) is 9.40. The Labute approximate surface area is 372 Å². The van der Waals surface area contributed by atoms with Gasteiger partial charge in [0, 0.05) is 49.1 Å². The lowest BCUT2D eigenvalue weighted by atomic mass is 9.93. The highest BCUT2D eigenvalue weighted by molar-refractivity contribution is 6.25. The molecule has 9 heteroatoms. The summed E-state index contributed by atoms with van der Waals surface area (Å²) >= 11 is 0. The molecule has 0 aliphatic heterocycles. The first-order valence-corrected chi connectivity index (χ1v) is 21.2. The summed E-state index contributed by atoms with van der Waals surface area (Å²) < 4.78 is 59.7. The van der Waals surface area contributed by atoms with E-state index >= 15 is 0 Å². The Morgan fingerprint density at radius 3 is 1.55 bits per heavy atom. The molecule has 13 aromatic rings. The van der Waals surface area contributed by atoms with Gasteiger partial charge in [0.15, 0.2) is 11.4 Å². The van der Waals surface area contributed by atoms with Gasteiger partial charge >= 0.3 is 6.18 Å². The highest BCUT2D eigenvalue weighted by Crippen LogP contribution is 2.49. The van der Waals surface area contributed by atoms with E-state index in [9.17, 15) is 13.2 Å². The molecule has 0 spiro atoms. The van der Waals surface area contributed by atoms with Crippen LogP contribution in [-0.4, -0.2) is 9.13 Å². The maximum atomic E-state index is 14.0. The number of alkyl halides is 3. The van der Waals surface area contributed by atoms with Crippen LogP contribution in [0.4, 0.5) is 24.5 Å². The molecule has 0 unspecified atom stereocenters. The molecule has 4 heterocycles. The van der Waals surface area contributed by atoms with Crippen LogP contribution in [0.15, 0.2) is 185 Å². The molecule has 0 aliphatic carbocycles. The van der Waals surface area contributed by atoms with E-state index in [0.717, 1.165) is 105 Å². The number of aromatic nitrogens is 2. The van der Waals surface area contributed by atoms with Gasteiger partial charge < -0.3 is 18.0 Å². The van der Waals surface area contributed by atoms with Gasteiger partial charge in [0.1, 0.15) is 22.3 Å². The van der Waals surface area contributed by atoms with Crippen molar-refractivity contribution in [1.29, 1.82) is 0 Å². The van der Waals surface area contributed by atoms with Crippen LogP contribution in [-0.2, 0) is 6.18 Å². The third kappa shape index (κ3) is 5.23. The lowest BCUT2D eigenvalue weighted by molar-refractivity contribution is -0.137. The van der Waals surface area contributed by atoms with Gasteiger partial charge in [0.2, 0.25) is 0 Å². The van der Waals surface area contributed by atoms with E-state index in [1.807, 2.05) is 91.0 Å². The van der Waals surface area contributed by atoms with Crippen molar-refractivity contribution in [2.24, 2.45) is 0 Å². The molecule has 0 fully saturated rings. The summed E-state index contributed by atoms with van der Waals surface area (Å²) in [7, 11) is 0. The molecule has 0 bridgehead atoms. The van der Waals surface area contributed by atoms with Crippen molar-refractivity contribution in [2.75, 3.05) is 0 Å². The van der Waals surface area contributed by atoms with E-state index in [-0.39, 0.29) is 5.69 Å². The number of hydrogen-bond acceptors (Lipinski definition) is 2. The molecule has 6 nitrogen and oxygen atoms in total. The molecule has 4 aromatic heterocycles. The van der Waals surface area contributed by atoms with Crippen LogP contribution < -0.4 is 0 Å². The van der Waals surface area contributed by atoms with Crippen LogP contribution in [0.3, 0.4) is 0 Å². The number of rotatable bonds is 4. The Kier molecular flexibility index (Phi) is 7.80. The second kappa shape index (κ2) is 13.7. The Bertz CT molecular complexity index is 4320. The van der Waals surface area contributed by atoms with Crippen molar-refractivity contribution in [1.82, 2.24) is 9.13 Å². The number of halogens is 3. The zero-order valence-corrected chi connectivity index (χ0v) is 34.5. The Morgan fingerprint density at radius 1 is 0.424 bits per heavy atom. The van der Waals surface area contributed by atoms with E-state index in [1.54, 1.807) is 6.07 Å². The second-order valence-corrected chi connectivity index (χ2v) is 16.4. The molecule has 0 atom stereocenters. The van der Waals surface area contributed by atoms with Gasteiger partial charge in [-0.2, -0.15) is 13.2 Å². The van der Waals surface area contributed by atoms with Gasteiger partial charge in [-0.3, -0.25) is 0 Å². The van der Waals surface area contributed by atoms with Crippen molar-refractivity contribution in [3.63, 3.8) is 0 Å². The van der Waals surface area contributed by atoms with Crippen molar-refractivity contribution in [2.45, 2.75) is 6.18 Å². The summed E-state index contributed by atoms with van der Waals surface area (Å²) in [5, 5.41) is 7.76. The topological polar surface area (TPSA) is 44.9 Å². The van der Waals surface area contributed by atoms with Crippen molar-refractivity contribution in [3.8, 4) is 33.6 Å². The maximum absolute atomic E-state index is 14.0. The van der Waals surface area contributed by atoms with Crippen molar-refractivity contribution >= 4 is 98.9 Å². The van der Waals surface area contributed by atoms with Gasteiger partial charge in [-0.25, -0.2) is 9.69 Å². The SMILES string of the molecule is [C-]#[N+]c1cc(C(F)(F)F)ccc1-c1ccc(-n2c3ccccc3c3c4oc5ccccc5c4ccc32)c(-c2c([N+]#[C-])cccc2-n2c3ccccc3c3c4oc5ccccc5c4ccc32)c1. The minimum absolute atomic E-state index is 0.136. The molecule has 0 saturated heterocycles. The number of nitrogens with zero attached hydrogens (tertiary/aromatic N) is 4. The quantitative estimate of drug-likeness (QED) is 0.166. The summed E-state index contributed by atoms with van der Waals surface area (Å²) in [6.45, 7) is 16.7. The molecule has 0 saturated carbocycles. The van der Waals surface area contributed by atoms with E-state index in [4.69, 9.17) is 22.0 Å². The lowest BCUT2D eigenvalue weighted by Gasteiger charge is -2.21. The zero-order chi connectivity index (χ0) is 44.4. The van der Waals surface area contributed by atoms with E-state index in [1.165, 1.54) is 6.07 Å². The first-order valence-electron chi connectivity index (χ1n) is 21.2. The fourth-order valence-electron chi connectivity index (χ4n) is 10.2. The molecular weight excluding hydrogens is 830 g/mol. The number of hydrogen-bond donors (Lipinski definition) is 0. The first-order chi connectivity index (χ1) is 32.3. The Hall–Kier alpha value is -9.05. The monoisotopic (exact) mass is 858 g/mol. The predicted octanol–water partition coefficient (Wildman–Crippen LogP) is 17.1. The average molecular weight is 859 g/mol. The van der Waals surface area contributed by atoms with Crippen molar-refractivity contribution < 1.29 is 22.0 Å². The summed E-state index contributed by atoms with van der Waals surface area (Å²) in [6, 6.07) is 55.2. The van der Waals surface area contributed by atoms with Gasteiger partial charge in [-0.1, -0.05) is 103 Å². The highest BCUT2D eigenvalue weighted by atomic mass is 19.4. The third-order valence-corrected chi connectivity index (χ3v) is 13.0. The van der Waals surface area contributed by atoms with Crippen LogP contribution in [0.2, 0.25) is 0 Å². The number of fused-ring (bicyclic) bond motifs is 14. The number of benzene rings is 9. The molecule has 0 amide bonds. The predicted molar refractivity (Wildman–Crippen MR) is 258 cm³/mol. The molecule has 13 rings (SSSR count). The fourth-order valence-corrected chi connectivity index (χ4v) is 10.2. The molecule has 0 radical (unpaired) electrons. The number of furan rings is 2. The standard InChI is InChI=1S/C57H29F3N4O2/c1-61-42-16-11-19-47(64-45-18-8-4-15-40(45)54-49(64)29-26-38-36-13-6-10-21-51(36)66-56(38)54)52(42)41-30-32(34-24-23-33(57(58,59)60)31-43(34)62-2)22-27-46(41)63-44-17-7-3-14-39(44)53-48(63)28-25-37-35-12-5-9-20-50(35)65-55(37)53/h3-31H. The second-order valence-electron chi connectivity index (χ2n) is 16.4. The van der Waals surface area contributed by atoms with Crippen LogP contribution in [0.1, 0.15) is 5.56 Å². The average Bonchev–Trinajstić information content (AvgIpc) is 4.10. The normalized spacial score (nSPS) is 12.1. The minimum Gasteiger partial charge on any atom is -0.455 e. The van der Waals surface area contributed by atoms with Gasteiger partial charge in [-0.05, 0) is 89.5 Å². The van der Waals surface area contributed by atoms with E-state index in [2.05, 4.69) is 79.5 Å². The van der Waals surface area contributed by atoms with Gasteiger partial charge in [0.25, 0.3) is 0 Å². The lowest BCUT2D eigenvalue weighted by Crippen LogP contribution is -2.04. The maximum Gasteiger partial charge on any atom is 0.415 e. The van der Waals surface area contributed by atoms with Crippen LogP contribution in [0, 0.1) is 13.1 Å². The highest BCUT2D eigenvalue weighted by Gasteiger charge is 2.32. The van der Waals surface area contributed by atoms with Crippen molar-refractivity contribution in [3.05, 3.63) is 204 Å². The smallest absolute Gasteiger partial charge is 0.415 e. The summed E-state index contributed by atoms with van der Waals surface area (Å²) in [5.74, 6) is 0. The van der Waals surface area contributed by atoms with E-state index in [0.29, 0.717) is 33.6 Å². The van der Waals surface area contributed by atoms with Gasteiger partial charge in [0.05, 0.1) is 51.7 Å². The number of para-hydroxylation sites is 4. The molecular formula is C57H29F3N4O2. The molecule has 310 valence electrons. The van der Waals surface area contributed by atoms with Crippen LogP contribution in [0.25, 0.3) is 131 Å². The van der Waals surface area contributed by atoms with Crippen LogP contribution in [0.5, 0.6) is 0 Å². The van der Waals surface area contributed by atoms with E-state index < -0.39 is 11.7 Å². The Balaban J connectivity index is 1.16. The van der Waals surface area contributed by atoms with Crippen LogP contribution >= 0.6 is 0 Å². The summed E-state index contributed by atoms with van der Waals surface area (Å²) in [6.07, 6.45) is -4.63. The summed E-state index contributed by atoms with van der Waals surface area (Å²) in [4.78, 5) is 7.76. The fraction of sp³-hybridized carbons (Fsp3) is 0.0175.